The minimum Gasteiger partial charge on any atom is -0.465 e. The summed E-state index contributed by atoms with van der Waals surface area (Å²) in [4.78, 5) is 27.4. The summed E-state index contributed by atoms with van der Waals surface area (Å²) in [5.74, 6) is -1.17. The molecule has 0 fully saturated rings. The summed E-state index contributed by atoms with van der Waals surface area (Å²) in [7, 11) is 0. The van der Waals surface area contributed by atoms with Crippen LogP contribution in [0.2, 0.25) is 5.02 Å². The smallest absolute Gasteiger partial charge is 0.328 e. The lowest BCUT2D eigenvalue weighted by Crippen LogP contribution is -2.50. The van der Waals surface area contributed by atoms with Crippen molar-refractivity contribution in [1.29, 1.82) is 0 Å². The lowest BCUT2D eigenvalue weighted by Gasteiger charge is -2.37. The molecule has 1 aliphatic carbocycles. The van der Waals surface area contributed by atoms with E-state index in [1.54, 1.807) is 13.8 Å². The molecule has 4 aromatic rings. The predicted molar refractivity (Wildman–Crippen MR) is 142 cm³/mol. The number of ether oxygens (including phenoxy) is 2. The first-order valence-corrected chi connectivity index (χ1v) is 12.6. The number of rotatable bonds is 6. The molecule has 5 heteroatoms. The molecule has 0 saturated carbocycles. The molecule has 0 N–H and O–H groups in total. The van der Waals surface area contributed by atoms with Crippen LogP contribution in [0.5, 0.6) is 0 Å². The molecule has 0 heterocycles. The first-order valence-electron chi connectivity index (χ1n) is 12.2. The number of esters is 2. The molecular formula is C31H27ClO4. The molecule has 36 heavy (non-hydrogen) atoms. The zero-order valence-corrected chi connectivity index (χ0v) is 21.1. The zero-order valence-electron chi connectivity index (χ0n) is 20.3. The van der Waals surface area contributed by atoms with Gasteiger partial charge in [0.15, 0.2) is 5.41 Å². The van der Waals surface area contributed by atoms with Crippen molar-refractivity contribution in [1.82, 2.24) is 0 Å². The number of carbonyl (C=O) groups is 2. The number of fused-ring (bicyclic) bond motifs is 4. The Hall–Kier alpha value is -3.63. The van der Waals surface area contributed by atoms with Gasteiger partial charge in [0, 0.05) is 11.4 Å². The van der Waals surface area contributed by atoms with E-state index in [2.05, 4.69) is 18.2 Å². The molecule has 0 aromatic heterocycles. The van der Waals surface area contributed by atoms with Crippen molar-refractivity contribution in [3.63, 3.8) is 0 Å². The van der Waals surface area contributed by atoms with Crippen LogP contribution in [0.1, 0.15) is 36.1 Å². The molecule has 4 nitrogen and oxygen atoms in total. The van der Waals surface area contributed by atoms with Crippen molar-refractivity contribution in [2.45, 2.75) is 32.1 Å². The van der Waals surface area contributed by atoms with Gasteiger partial charge in [0.05, 0.1) is 13.2 Å². The molecule has 182 valence electrons. The molecule has 0 aliphatic heterocycles. The quantitative estimate of drug-likeness (QED) is 0.220. The second-order valence-corrected chi connectivity index (χ2v) is 9.42. The highest BCUT2D eigenvalue weighted by Crippen LogP contribution is 2.49. The fraction of sp³-hybridized carbons (Fsp3) is 0.226. The van der Waals surface area contributed by atoms with Gasteiger partial charge in [-0.15, -0.1) is 0 Å². The average Bonchev–Trinajstić information content (AvgIpc) is 2.89. The van der Waals surface area contributed by atoms with Gasteiger partial charge in [-0.1, -0.05) is 72.3 Å². The number of halogens is 1. The van der Waals surface area contributed by atoms with Crippen molar-refractivity contribution in [3.8, 4) is 11.1 Å². The molecule has 0 saturated heterocycles. The highest BCUT2D eigenvalue weighted by Gasteiger charge is 2.54. The van der Waals surface area contributed by atoms with E-state index in [1.165, 1.54) is 0 Å². The van der Waals surface area contributed by atoms with Gasteiger partial charge in [-0.25, -0.2) is 0 Å². The van der Waals surface area contributed by atoms with E-state index >= 15 is 0 Å². The van der Waals surface area contributed by atoms with E-state index in [0.717, 1.165) is 38.6 Å². The third-order valence-corrected chi connectivity index (χ3v) is 7.12. The van der Waals surface area contributed by atoms with Gasteiger partial charge in [0.25, 0.3) is 0 Å². The Balaban J connectivity index is 1.92. The summed E-state index contributed by atoms with van der Waals surface area (Å²) in [6.45, 7) is 3.82. The third kappa shape index (κ3) is 3.96. The lowest BCUT2D eigenvalue weighted by molar-refractivity contribution is -0.165. The van der Waals surface area contributed by atoms with Gasteiger partial charge >= 0.3 is 11.9 Å². The Bertz CT molecular complexity index is 1440. The van der Waals surface area contributed by atoms with Gasteiger partial charge in [-0.3, -0.25) is 9.59 Å². The standard InChI is InChI=1S/C31H27ClO4/c1-3-35-29(33)31(30(34)36-4-2)19-22-12-8-9-13-24(22)28-26(16-20-10-6-5-7-11-20)25-18-23(32)15-14-21(25)17-27(28)31/h5-15,17-18H,3-4,16,19H2,1-2H3. The van der Waals surface area contributed by atoms with Crippen LogP contribution in [0.25, 0.3) is 21.9 Å². The molecule has 0 unspecified atom stereocenters. The van der Waals surface area contributed by atoms with Crippen molar-refractivity contribution in [3.05, 3.63) is 106 Å². The van der Waals surface area contributed by atoms with Gasteiger partial charge in [-0.05, 0) is 82.6 Å². The molecule has 5 rings (SSSR count). The Kier molecular flexibility index (Phi) is 6.55. The van der Waals surface area contributed by atoms with Crippen molar-refractivity contribution in [2.24, 2.45) is 0 Å². The van der Waals surface area contributed by atoms with Crippen LogP contribution in [0.15, 0.2) is 78.9 Å². The Morgan fingerprint density at radius 3 is 2.22 bits per heavy atom. The highest BCUT2D eigenvalue weighted by atomic mass is 35.5. The normalized spacial score (nSPS) is 13.5. The maximum Gasteiger partial charge on any atom is 0.328 e. The highest BCUT2D eigenvalue weighted by molar-refractivity contribution is 6.31. The average molecular weight is 499 g/mol. The van der Waals surface area contributed by atoms with Gasteiger partial charge in [-0.2, -0.15) is 0 Å². The van der Waals surface area contributed by atoms with E-state index < -0.39 is 17.4 Å². The largest absolute Gasteiger partial charge is 0.465 e. The van der Waals surface area contributed by atoms with Crippen LogP contribution >= 0.6 is 11.6 Å². The first kappa shape index (κ1) is 24.1. The van der Waals surface area contributed by atoms with Crippen molar-refractivity contribution >= 4 is 34.3 Å². The van der Waals surface area contributed by atoms with Crippen LogP contribution in [-0.4, -0.2) is 25.2 Å². The Labute approximate surface area is 215 Å². The van der Waals surface area contributed by atoms with Gasteiger partial charge < -0.3 is 9.47 Å². The Morgan fingerprint density at radius 2 is 1.53 bits per heavy atom. The second kappa shape index (κ2) is 9.79. The summed E-state index contributed by atoms with van der Waals surface area (Å²) >= 11 is 6.47. The number of hydrogen-bond donors (Lipinski definition) is 0. The topological polar surface area (TPSA) is 52.6 Å². The molecule has 0 amide bonds. The third-order valence-electron chi connectivity index (χ3n) is 6.89. The molecule has 4 aromatic carbocycles. The van der Waals surface area contributed by atoms with Crippen molar-refractivity contribution in [2.75, 3.05) is 13.2 Å². The van der Waals surface area contributed by atoms with Gasteiger partial charge in [0.2, 0.25) is 0 Å². The van der Waals surface area contributed by atoms with E-state index in [9.17, 15) is 9.59 Å². The van der Waals surface area contributed by atoms with E-state index in [4.69, 9.17) is 21.1 Å². The Morgan fingerprint density at radius 1 is 0.861 bits per heavy atom. The van der Waals surface area contributed by atoms with Gasteiger partial charge in [0.1, 0.15) is 0 Å². The van der Waals surface area contributed by atoms with Crippen LogP contribution in [0, 0.1) is 0 Å². The second-order valence-electron chi connectivity index (χ2n) is 8.99. The van der Waals surface area contributed by atoms with E-state index in [0.29, 0.717) is 17.0 Å². The SMILES string of the molecule is CCOC(=O)C1(C(=O)OCC)Cc2ccccc2-c2c1cc1ccc(Cl)cc1c2Cc1ccccc1. The lowest BCUT2D eigenvalue weighted by atomic mass is 9.65. The van der Waals surface area contributed by atoms with Crippen LogP contribution < -0.4 is 0 Å². The van der Waals surface area contributed by atoms with Crippen LogP contribution in [0.4, 0.5) is 0 Å². The molecular weight excluding hydrogens is 472 g/mol. The van der Waals surface area contributed by atoms with E-state index in [1.807, 2.05) is 60.7 Å². The fourth-order valence-electron chi connectivity index (χ4n) is 5.32. The number of benzene rings is 4. The predicted octanol–water partition coefficient (Wildman–Crippen LogP) is 6.67. The summed E-state index contributed by atoms with van der Waals surface area (Å²) in [5.41, 5.74) is 3.94. The summed E-state index contributed by atoms with van der Waals surface area (Å²) in [6.07, 6.45) is 0.786. The summed E-state index contributed by atoms with van der Waals surface area (Å²) < 4.78 is 11.1. The summed E-state index contributed by atoms with van der Waals surface area (Å²) in [6, 6.07) is 25.8. The minimum absolute atomic E-state index is 0.164. The summed E-state index contributed by atoms with van der Waals surface area (Å²) in [5, 5.41) is 2.52. The molecule has 0 spiro atoms. The fourth-order valence-corrected chi connectivity index (χ4v) is 5.50. The minimum atomic E-state index is -1.60. The van der Waals surface area contributed by atoms with E-state index in [-0.39, 0.29) is 19.6 Å². The van der Waals surface area contributed by atoms with Crippen molar-refractivity contribution < 1.29 is 19.1 Å². The number of hydrogen-bond acceptors (Lipinski definition) is 4. The monoisotopic (exact) mass is 498 g/mol. The molecule has 0 atom stereocenters. The number of carbonyl (C=O) groups excluding carboxylic acids is 2. The maximum absolute atomic E-state index is 13.7. The van der Waals surface area contributed by atoms with Crippen LogP contribution in [-0.2, 0) is 37.3 Å². The molecule has 1 aliphatic rings. The van der Waals surface area contributed by atoms with Crippen LogP contribution in [0.3, 0.4) is 0 Å². The molecule has 0 bridgehead atoms. The first-order chi connectivity index (χ1) is 17.5. The maximum atomic E-state index is 13.7. The zero-order chi connectivity index (χ0) is 25.3. The molecule has 0 radical (unpaired) electrons.